The largest absolute Gasteiger partial charge is 0.481 e. The lowest BCUT2D eigenvalue weighted by Crippen LogP contribution is -2.11. The summed E-state index contributed by atoms with van der Waals surface area (Å²) in [5.74, 6) is -2.46. The molecule has 0 atom stereocenters. The Hall–Kier alpha value is -3.27. The van der Waals surface area contributed by atoms with E-state index < -0.39 is 17.9 Å². The molecule has 0 aliphatic carbocycles. The van der Waals surface area contributed by atoms with Crippen LogP contribution in [0.5, 0.6) is 0 Å². The van der Waals surface area contributed by atoms with Crippen molar-refractivity contribution in [2.45, 2.75) is 84.0 Å². The van der Waals surface area contributed by atoms with E-state index in [1.165, 1.54) is 44.9 Å². The number of unbranched alkanes of at least 4 members (excludes halogenated alkanes) is 8. The summed E-state index contributed by atoms with van der Waals surface area (Å²) in [5, 5.41) is 50.5. The molecule has 9 nitrogen and oxygen atoms in total. The fraction of sp³-hybridized carbons (Fsp3) is 0.531. The average Bonchev–Trinajstić information content (AvgIpc) is 2.98. The van der Waals surface area contributed by atoms with Crippen molar-refractivity contribution in [2.75, 3.05) is 19.8 Å². The maximum atomic E-state index is 10.2. The fourth-order valence-corrected chi connectivity index (χ4v) is 3.37. The van der Waals surface area contributed by atoms with Gasteiger partial charge in [0.1, 0.15) is 0 Å². The maximum Gasteiger partial charge on any atom is 0.335 e. The zero-order chi connectivity index (χ0) is 31.1. The van der Waals surface area contributed by atoms with Gasteiger partial charge in [0, 0.05) is 32.2 Å². The highest BCUT2D eigenvalue weighted by molar-refractivity contribution is 5.87. The topological polar surface area (TPSA) is 173 Å². The quantitative estimate of drug-likeness (QED) is 0.121. The Labute approximate surface area is 244 Å². The number of benzene rings is 2. The lowest BCUT2D eigenvalue weighted by atomic mass is 10.1. The number of carboxylic acids is 3. The Morgan fingerprint density at radius 3 is 1.27 bits per heavy atom. The second kappa shape index (κ2) is 29.7. The molecule has 2 aromatic rings. The zero-order valence-electron chi connectivity index (χ0n) is 24.4. The molecule has 0 aliphatic heterocycles. The molecule has 9 heteroatoms. The van der Waals surface area contributed by atoms with Crippen molar-refractivity contribution in [1.82, 2.24) is 0 Å². The van der Waals surface area contributed by atoms with Gasteiger partial charge < -0.3 is 30.6 Å². The summed E-state index contributed by atoms with van der Waals surface area (Å²) < 4.78 is 0. The van der Waals surface area contributed by atoms with Gasteiger partial charge >= 0.3 is 17.9 Å². The van der Waals surface area contributed by atoms with Crippen LogP contribution in [0.4, 0.5) is 0 Å². The molecule has 41 heavy (non-hydrogen) atoms. The van der Waals surface area contributed by atoms with Gasteiger partial charge in [0.05, 0.1) is 11.1 Å². The minimum Gasteiger partial charge on any atom is -0.481 e. The number of carbonyl (C=O) groups is 3. The molecule has 232 valence electrons. The molecule has 0 aromatic heterocycles. The molecule has 0 bridgehead atoms. The Bertz CT molecular complexity index is 820. The normalized spacial score (nSPS) is 9.78. The van der Waals surface area contributed by atoms with Crippen LogP contribution < -0.4 is 0 Å². The molecule has 0 heterocycles. The highest BCUT2D eigenvalue weighted by Gasteiger charge is 2.03. The van der Waals surface area contributed by atoms with Crippen LogP contribution >= 0.6 is 0 Å². The van der Waals surface area contributed by atoms with Crippen molar-refractivity contribution >= 4 is 17.9 Å². The first-order valence-corrected chi connectivity index (χ1v) is 14.3. The predicted octanol–water partition coefficient (Wildman–Crippen LogP) is 6.12. The highest BCUT2D eigenvalue weighted by Crippen LogP contribution is 2.10. The molecule has 6 N–H and O–H groups in total. The van der Waals surface area contributed by atoms with Gasteiger partial charge in [-0.15, -0.1) is 0 Å². The number of rotatable bonds is 17. The summed E-state index contributed by atoms with van der Waals surface area (Å²) in [5.41, 5.74) is 0.662. The Morgan fingerprint density at radius 2 is 0.976 bits per heavy atom. The third kappa shape index (κ3) is 28.1. The summed E-state index contributed by atoms with van der Waals surface area (Å²) >= 11 is 0. The van der Waals surface area contributed by atoms with Gasteiger partial charge in [0.2, 0.25) is 0 Å². The first kappa shape index (κ1) is 39.9. The van der Waals surface area contributed by atoms with Crippen LogP contribution in [0.2, 0.25) is 0 Å². The van der Waals surface area contributed by atoms with Crippen molar-refractivity contribution in [2.24, 2.45) is 5.92 Å². The smallest absolute Gasteiger partial charge is 0.335 e. The number of hydrogen-bond donors (Lipinski definition) is 6. The number of carboxylic acid groups (broad SMARTS) is 3. The Morgan fingerprint density at radius 1 is 0.585 bits per heavy atom. The van der Waals surface area contributed by atoms with E-state index in [4.69, 9.17) is 30.6 Å². The van der Waals surface area contributed by atoms with Crippen molar-refractivity contribution < 1.29 is 45.0 Å². The number of hydrogen-bond acceptors (Lipinski definition) is 6. The lowest BCUT2D eigenvalue weighted by molar-refractivity contribution is -0.137. The molecule has 0 aliphatic rings. The van der Waals surface area contributed by atoms with Gasteiger partial charge in [-0.1, -0.05) is 94.7 Å². The lowest BCUT2D eigenvalue weighted by Gasteiger charge is -2.07. The van der Waals surface area contributed by atoms with E-state index in [-0.39, 0.29) is 25.7 Å². The van der Waals surface area contributed by atoms with Crippen LogP contribution in [-0.2, 0) is 4.79 Å². The summed E-state index contributed by atoms with van der Waals surface area (Å²) in [6, 6.07) is 16.6. The van der Waals surface area contributed by atoms with E-state index in [1.807, 2.05) is 0 Å². The molecular formula is C32H50O9. The monoisotopic (exact) mass is 578 g/mol. The molecule has 0 saturated heterocycles. The number of aliphatic hydroxyl groups is 3. The number of aliphatic carboxylic acids is 1. The third-order valence-electron chi connectivity index (χ3n) is 5.82. The van der Waals surface area contributed by atoms with E-state index >= 15 is 0 Å². The molecular weight excluding hydrogens is 528 g/mol. The summed E-state index contributed by atoms with van der Waals surface area (Å²) in [6.45, 7) is 2.38. The minimum absolute atomic E-state index is 0.0104. The van der Waals surface area contributed by atoms with Gasteiger partial charge in [-0.2, -0.15) is 0 Å². The van der Waals surface area contributed by atoms with Crippen LogP contribution in [0.25, 0.3) is 0 Å². The SMILES string of the molecule is CCCCCCCCCCCC(=O)O.O=C(O)c1ccccc1.O=C(O)c1ccccc1.OCCCC(CO)CO. The zero-order valence-corrected chi connectivity index (χ0v) is 24.4. The van der Waals surface area contributed by atoms with Crippen molar-refractivity contribution in [3.8, 4) is 0 Å². The first-order valence-electron chi connectivity index (χ1n) is 14.3. The van der Waals surface area contributed by atoms with Crippen LogP contribution in [-0.4, -0.2) is 68.4 Å². The molecule has 0 fully saturated rings. The molecule has 0 spiro atoms. The van der Waals surface area contributed by atoms with Crippen LogP contribution in [0.15, 0.2) is 60.7 Å². The first-order chi connectivity index (χ1) is 19.7. The van der Waals surface area contributed by atoms with Gasteiger partial charge in [0.25, 0.3) is 0 Å². The van der Waals surface area contributed by atoms with Crippen LogP contribution in [0.1, 0.15) is 105 Å². The Kier molecular flexibility index (Phi) is 28.9. The summed E-state index contributed by atoms with van der Waals surface area (Å²) in [7, 11) is 0. The standard InChI is InChI=1S/C12H24O2.2C7H6O2.C6H14O3/c1-2-3-4-5-6-7-8-9-10-11-12(13)14;2*8-7(9)6-4-2-1-3-5-6;7-3-1-2-6(4-8)5-9/h2-11H2,1H3,(H,13,14);2*1-5H,(H,8,9);6-9H,1-5H2. The molecule has 0 amide bonds. The molecule has 0 saturated carbocycles. The second-order valence-electron chi connectivity index (χ2n) is 9.41. The highest BCUT2D eigenvalue weighted by atomic mass is 16.4. The number of aliphatic hydroxyl groups excluding tert-OH is 3. The van der Waals surface area contributed by atoms with Crippen LogP contribution in [0.3, 0.4) is 0 Å². The minimum atomic E-state index is -0.879. The fourth-order valence-electron chi connectivity index (χ4n) is 3.37. The maximum absolute atomic E-state index is 10.2. The van der Waals surface area contributed by atoms with Gasteiger partial charge in [-0.3, -0.25) is 4.79 Å². The summed E-state index contributed by atoms with van der Waals surface area (Å²) in [4.78, 5) is 30.6. The van der Waals surface area contributed by atoms with E-state index in [1.54, 1.807) is 60.7 Å². The van der Waals surface area contributed by atoms with Gasteiger partial charge in [-0.05, 0) is 43.5 Å². The second-order valence-corrected chi connectivity index (χ2v) is 9.41. The van der Waals surface area contributed by atoms with E-state index in [9.17, 15) is 14.4 Å². The predicted molar refractivity (Wildman–Crippen MR) is 160 cm³/mol. The van der Waals surface area contributed by atoms with Crippen molar-refractivity contribution in [1.29, 1.82) is 0 Å². The van der Waals surface area contributed by atoms with E-state index in [0.29, 0.717) is 30.4 Å². The van der Waals surface area contributed by atoms with Crippen molar-refractivity contribution in [3.05, 3.63) is 71.8 Å². The van der Waals surface area contributed by atoms with Gasteiger partial charge in [0.15, 0.2) is 0 Å². The van der Waals surface area contributed by atoms with Crippen LogP contribution in [0, 0.1) is 5.92 Å². The molecule has 0 radical (unpaired) electrons. The number of aromatic carboxylic acids is 2. The molecule has 2 rings (SSSR count). The van der Waals surface area contributed by atoms with Crippen molar-refractivity contribution in [3.63, 3.8) is 0 Å². The molecule has 0 unspecified atom stereocenters. The van der Waals surface area contributed by atoms with Gasteiger partial charge in [-0.25, -0.2) is 9.59 Å². The summed E-state index contributed by atoms with van der Waals surface area (Å²) in [6.07, 6.45) is 12.8. The van der Waals surface area contributed by atoms with E-state index in [2.05, 4.69) is 6.92 Å². The Balaban J connectivity index is 0. The molecule has 2 aromatic carbocycles. The van der Waals surface area contributed by atoms with E-state index in [0.717, 1.165) is 12.8 Å². The average molecular weight is 579 g/mol. The third-order valence-corrected chi connectivity index (χ3v) is 5.82.